The van der Waals surface area contributed by atoms with Crippen molar-refractivity contribution in [3.8, 4) is 28.8 Å². The van der Waals surface area contributed by atoms with Crippen molar-refractivity contribution in [3.05, 3.63) is 235 Å². The Hall–Kier alpha value is -9.88. The monoisotopic (exact) mass is 888 g/mol. The molecule has 0 saturated carbocycles. The molecule has 15 aromatic rings. The van der Waals surface area contributed by atoms with Gasteiger partial charge in [0, 0.05) is 60.2 Å². The number of benzene rings is 11. The van der Waals surface area contributed by atoms with E-state index in [0.717, 1.165) is 104 Å². The summed E-state index contributed by atoms with van der Waals surface area (Å²) in [7, 11) is 0. The van der Waals surface area contributed by atoms with Gasteiger partial charge in [0.2, 0.25) is 5.69 Å². The van der Waals surface area contributed by atoms with Crippen LogP contribution in [0.4, 0.5) is 5.69 Å². The first-order valence-corrected chi connectivity index (χ1v) is 23.5. The molecule has 0 amide bonds. The van der Waals surface area contributed by atoms with Crippen molar-refractivity contribution in [1.29, 1.82) is 5.26 Å². The lowest BCUT2D eigenvalue weighted by Crippen LogP contribution is -2.02. The molecule has 0 spiro atoms. The lowest BCUT2D eigenvalue weighted by atomic mass is 10.0. The van der Waals surface area contributed by atoms with Crippen molar-refractivity contribution in [2.75, 3.05) is 0 Å². The second-order valence-electron chi connectivity index (χ2n) is 18.3. The Morgan fingerprint density at radius 1 is 0.329 bits per heavy atom. The highest BCUT2D eigenvalue weighted by Crippen LogP contribution is 2.45. The largest absolute Gasteiger partial charge is 0.318 e. The summed E-state index contributed by atoms with van der Waals surface area (Å²) >= 11 is 0. The fourth-order valence-electron chi connectivity index (χ4n) is 11.9. The molecule has 6 nitrogen and oxygen atoms in total. The van der Waals surface area contributed by atoms with Crippen LogP contribution in [0.15, 0.2) is 218 Å². The first kappa shape index (κ1) is 38.2. The van der Waals surface area contributed by atoms with Crippen LogP contribution < -0.4 is 0 Å². The Kier molecular flexibility index (Phi) is 7.82. The molecule has 0 unspecified atom stereocenters. The normalized spacial score (nSPS) is 12.0. The summed E-state index contributed by atoms with van der Waals surface area (Å²) in [5, 5.41) is 25.0. The van der Waals surface area contributed by atoms with E-state index in [1.54, 1.807) is 0 Å². The third-order valence-corrected chi connectivity index (χ3v) is 14.8. The molecular weight excluding hydrogens is 853 g/mol. The molecule has 0 saturated heterocycles. The fourth-order valence-corrected chi connectivity index (χ4v) is 11.9. The number of nitrogens with zero attached hydrogens (tertiary/aromatic N) is 6. The number of rotatable bonds is 4. The maximum absolute atomic E-state index is 11.3. The molecule has 4 heterocycles. The van der Waals surface area contributed by atoms with Crippen molar-refractivity contribution in [2.24, 2.45) is 0 Å². The van der Waals surface area contributed by atoms with Gasteiger partial charge in [-0.05, 0) is 106 Å². The summed E-state index contributed by atoms with van der Waals surface area (Å²) in [6, 6.07) is 79.9. The van der Waals surface area contributed by atoms with E-state index >= 15 is 0 Å². The molecule has 0 bridgehead atoms. The summed E-state index contributed by atoms with van der Waals surface area (Å²) < 4.78 is 9.10. The van der Waals surface area contributed by atoms with Crippen LogP contribution in [0.2, 0.25) is 0 Å². The van der Waals surface area contributed by atoms with Crippen LogP contribution in [0.25, 0.3) is 136 Å². The molecule has 0 aliphatic heterocycles. The molecule has 6 heteroatoms. The van der Waals surface area contributed by atoms with Gasteiger partial charge >= 0.3 is 0 Å². The van der Waals surface area contributed by atoms with Gasteiger partial charge in [0.1, 0.15) is 6.07 Å². The Morgan fingerprint density at radius 2 is 0.700 bits per heavy atom. The van der Waals surface area contributed by atoms with Crippen LogP contribution in [0.5, 0.6) is 0 Å². The van der Waals surface area contributed by atoms with E-state index in [0.29, 0.717) is 16.9 Å². The van der Waals surface area contributed by atoms with Gasteiger partial charge in [-0.1, -0.05) is 133 Å². The number of nitriles is 1. The smallest absolute Gasteiger partial charge is 0.214 e. The van der Waals surface area contributed by atoms with E-state index < -0.39 is 0 Å². The second-order valence-corrected chi connectivity index (χ2v) is 18.3. The number of aromatic nitrogens is 4. The van der Waals surface area contributed by atoms with Crippen molar-refractivity contribution >= 4 is 114 Å². The maximum Gasteiger partial charge on any atom is 0.214 e. The van der Waals surface area contributed by atoms with Crippen LogP contribution in [0, 0.1) is 17.9 Å². The molecule has 4 aromatic heterocycles. The lowest BCUT2D eigenvalue weighted by molar-refractivity contribution is 1.14. The average molecular weight is 889 g/mol. The molecule has 0 aliphatic carbocycles. The Bertz CT molecular complexity index is 4720. The number of fused-ring (bicyclic) bond motifs is 16. The van der Waals surface area contributed by atoms with Gasteiger partial charge in [-0.15, -0.1) is 0 Å². The summed E-state index contributed by atoms with van der Waals surface area (Å²) in [6.45, 7) is 8.87. The standard InChI is InChI=1S/C64H36N6/c1-66-53-37-44(69-58-32-28-42(35-51(58)62-45-16-4-2-14-39(45)26-30-60(62)69)67-54-22-10-6-18-47(54)48-19-7-11-23-55(48)67)34-41(38-65)64(53)70-59-33-29-43(36-52(59)63-46-17-5-3-15-40(46)27-31-61(63)70)68-56-24-12-8-20-49(56)50-21-9-13-25-57(50)68/h2-37H. The zero-order valence-electron chi connectivity index (χ0n) is 37.5. The van der Waals surface area contributed by atoms with E-state index in [9.17, 15) is 5.26 Å². The molecule has 70 heavy (non-hydrogen) atoms. The maximum atomic E-state index is 11.3. The molecule has 0 N–H and O–H groups in total. The minimum Gasteiger partial charge on any atom is -0.318 e. The molecule has 322 valence electrons. The minimum atomic E-state index is 0.394. The fraction of sp³-hybridized carbons (Fsp3) is 0. The summed E-state index contributed by atoms with van der Waals surface area (Å²) in [4.78, 5) is 4.28. The van der Waals surface area contributed by atoms with Crippen LogP contribution in [0.1, 0.15) is 5.56 Å². The zero-order chi connectivity index (χ0) is 46.2. The molecule has 11 aromatic carbocycles. The Labute approximate surface area is 400 Å². The van der Waals surface area contributed by atoms with Crippen molar-refractivity contribution in [2.45, 2.75) is 0 Å². The van der Waals surface area contributed by atoms with E-state index in [2.05, 4.69) is 235 Å². The van der Waals surface area contributed by atoms with Crippen LogP contribution in [-0.2, 0) is 0 Å². The predicted molar refractivity (Wildman–Crippen MR) is 290 cm³/mol. The van der Waals surface area contributed by atoms with E-state index in [1.165, 1.54) is 21.5 Å². The summed E-state index contributed by atoms with van der Waals surface area (Å²) in [5.41, 5.74) is 12.6. The van der Waals surface area contributed by atoms with Crippen LogP contribution in [0.3, 0.4) is 0 Å². The van der Waals surface area contributed by atoms with Gasteiger partial charge in [0.05, 0.1) is 62.0 Å². The number of hydrogen-bond acceptors (Lipinski definition) is 1. The number of hydrogen-bond donors (Lipinski definition) is 0. The summed E-state index contributed by atoms with van der Waals surface area (Å²) in [5.74, 6) is 0. The third kappa shape index (κ3) is 5.14. The van der Waals surface area contributed by atoms with Gasteiger partial charge in [0.25, 0.3) is 0 Å². The summed E-state index contributed by atoms with van der Waals surface area (Å²) in [6.07, 6.45) is 0. The van der Waals surface area contributed by atoms with E-state index in [1.807, 2.05) is 12.1 Å². The molecule has 0 aliphatic rings. The first-order chi connectivity index (χ1) is 34.7. The van der Waals surface area contributed by atoms with Crippen molar-refractivity contribution in [3.63, 3.8) is 0 Å². The van der Waals surface area contributed by atoms with E-state index in [4.69, 9.17) is 6.57 Å². The first-order valence-electron chi connectivity index (χ1n) is 23.5. The molecule has 0 atom stereocenters. The quantitative estimate of drug-likeness (QED) is 0.162. The van der Waals surface area contributed by atoms with Gasteiger partial charge in [-0.25, -0.2) is 4.85 Å². The minimum absolute atomic E-state index is 0.394. The molecule has 0 fully saturated rings. The zero-order valence-corrected chi connectivity index (χ0v) is 37.5. The highest BCUT2D eigenvalue weighted by Gasteiger charge is 2.25. The van der Waals surface area contributed by atoms with Crippen LogP contribution >= 0.6 is 0 Å². The van der Waals surface area contributed by atoms with Crippen molar-refractivity contribution in [1.82, 2.24) is 18.3 Å². The highest BCUT2D eigenvalue weighted by atomic mass is 15.0. The van der Waals surface area contributed by atoms with Crippen molar-refractivity contribution < 1.29 is 0 Å². The third-order valence-electron chi connectivity index (χ3n) is 14.8. The Morgan fingerprint density at radius 3 is 1.16 bits per heavy atom. The molecular formula is C64H36N6. The van der Waals surface area contributed by atoms with E-state index in [-0.39, 0.29) is 0 Å². The lowest BCUT2D eigenvalue weighted by Gasteiger charge is -2.16. The van der Waals surface area contributed by atoms with Gasteiger partial charge in [0.15, 0.2) is 0 Å². The Balaban J connectivity index is 0.992. The molecule has 0 radical (unpaired) electrons. The SMILES string of the molecule is [C-]#[N+]c1cc(-n2c3ccc(-n4c5ccccc5c5ccccc54)cc3c3c4ccccc4ccc32)cc(C#N)c1-n1c2ccc(-n3c4ccccc4c4ccccc43)cc2c2c3ccccc3ccc21. The topological polar surface area (TPSA) is 47.9 Å². The average Bonchev–Trinajstić information content (AvgIpc) is 4.15. The second kappa shape index (κ2) is 14.3. The van der Waals surface area contributed by atoms with Gasteiger partial charge in [-0.3, -0.25) is 0 Å². The molecule has 15 rings (SSSR count). The van der Waals surface area contributed by atoms with Crippen LogP contribution in [-0.4, -0.2) is 18.3 Å². The highest BCUT2D eigenvalue weighted by molar-refractivity contribution is 6.24. The number of para-hydroxylation sites is 4. The van der Waals surface area contributed by atoms with Gasteiger partial charge < -0.3 is 18.3 Å². The van der Waals surface area contributed by atoms with Gasteiger partial charge in [-0.2, -0.15) is 5.26 Å². The predicted octanol–water partition coefficient (Wildman–Crippen LogP) is 16.8.